The highest BCUT2D eigenvalue weighted by atomic mass is 35.5. The molecular weight excluding hydrogens is 415 g/mol. The van der Waals surface area contributed by atoms with Crippen LogP contribution in [0.3, 0.4) is 0 Å². The predicted octanol–water partition coefficient (Wildman–Crippen LogP) is 5.61. The van der Waals surface area contributed by atoms with E-state index in [2.05, 4.69) is 4.98 Å². The van der Waals surface area contributed by atoms with Crippen LogP contribution in [-0.2, 0) is 15.6 Å². The molecule has 1 aromatic heterocycles. The molecule has 3 aromatic rings. The lowest BCUT2D eigenvalue weighted by Crippen LogP contribution is -2.07. The quantitative estimate of drug-likeness (QED) is 0.552. The first-order chi connectivity index (χ1) is 12.3. The molecule has 2 aromatic carbocycles. The summed E-state index contributed by atoms with van der Waals surface area (Å²) >= 11 is 17.9. The minimum absolute atomic E-state index is 0.234. The average molecular weight is 426 g/mol. The van der Waals surface area contributed by atoms with Gasteiger partial charge >= 0.3 is 0 Å². The fraction of sp³-hybridized carbons (Fsp3) is 0.0556. The van der Waals surface area contributed by atoms with Crippen LogP contribution in [0.25, 0.3) is 17.0 Å². The van der Waals surface area contributed by atoms with E-state index in [-0.39, 0.29) is 9.93 Å². The van der Waals surface area contributed by atoms with Crippen molar-refractivity contribution in [1.82, 2.24) is 4.98 Å². The minimum Gasteiger partial charge on any atom is -0.361 e. The maximum Gasteiger partial charge on any atom is 0.192 e. The molecule has 1 N–H and O–H groups in total. The van der Waals surface area contributed by atoms with Crippen LogP contribution in [0.4, 0.5) is 0 Å². The van der Waals surface area contributed by atoms with Gasteiger partial charge in [-0.25, -0.2) is 8.42 Å². The summed E-state index contributed by atoms with van der Waals surface area (Å²) in [7, 11) is -3.89. The van der Waals surface area contributed by atoms with E-state index in [9.17, 15) is 13.7 Å². The first kappa shape index (κ1) is 18.8. The number of nitrogens with zero attached hydrogens (tertiary/aromatic N) is 1. The lowest BCUT2D eigenvalue weighted by Gasteiger charge is -2.06. The molecule has 8 heteroatoms. The van der Waals surface area contributed by atoms with E-state index in [1.54, 1.807) is 36.5 Å². The van der Waals surface area contributed by atoms with E-state index >= 15 is 0 Å². The molecule has 0 unspecified atom stereocenters. The smallest absolute Gasteiger partial charge is 0.192 e. The number of hydrogen-bond acceptors (Lipinski definition) is 3. The van der Waals surface area contributed by atoms with Gasteiger partial charge in [0, 0.05) is 37.7 Å². The molecule has 0 bridgehead atoms. The van der Waals surface area contributed by atoms with Crippen LogP contribution >= 0.6 is 34.8 Å². The number of benzene rings is 2. The normalized spacial score (nSPS) is 12.3. The molecular formula is C18H11Cl3N2O2S. The zero-order valence-corrected chi connectivity index (χ0v) is 16.2. The van der Waals surface area contributed by atoms with Crippen LogP contribution < -0.4 is 0 Å². The molecule has 0 aliphatic heterocycles. The van der Waals surface area contributed by atoms with Gasteiger partial charge in [0.1, 0.15) is 11.0 Å². The molecule has 3 rings (SSSR count). The summed E-state index contributed by atoms with van der Waals surface area (Å²) in [5.41, 5.74) is 1.72. The number of sulfone groups is 1. The first-order valence-electron chi connectivity index (χ1n) is 7.35. The second-order valence-corrected chi connectivity index (χ2v) is 8.79. The Balaban J connectivity index is 2.02. The topological polar surface area (TPSA) is 73.7 Å². The van der Waals surface area contributed by atoms with Crippen molar-refractivity contribution in [2.75, 3.05) is 0 Å². The fourth-order valence-corrected chi connectivity index (χ4v) is 4.48. The van der Waals surface area contributed by atoms with Gasteiger partial charge < -0.3 is 4.98 Å². The molecule has 1 heterocycles. The maximum atomic E-state index is 12.7. The molecule has 132 valence electrons. The van der Waals surface area contributed by atoms with Gasteiger partial charge in [0.25, 0.3) is 0 Å². The number of nitrogens with one attached hydrogen (secondary N) is 1. The van der Waals surface area contributed by atoms with E-state index < -0.39 is 15.6 Å². The van der Waals surface area contributed by atoms with Gasteiger partial charge in [-0.15, -0.1) is 0 Å². The summed E-state index contributed by atoms with van der Waals surface area (Å²) in [5, 5.41) is 11.3. The largest absolute Gasteiger partial charge is 0.361 e. The summed E-state index contributed by atoms with van der Waals surface area (Å²) < 4.78 is 25.4. The van der Waals surface area contributed by atoms with Gasteiger partial charge in [-0.05, 0) is 42.0 Å². The Morgan fingerprint density at radius 3 is 2.50 bits per heavy atom. The third kappa shape index (κ3) is 3.89. The Morgan fingerprint density at radius 2 is 1.81 bits per heavy atom. The molecule has 26 heavy (non-hydrogen) atoms. The summed E-state index contributed by atoms with van der Waals surface area (Å²) in [6.45, 7) is 0. The van der Waals surface area contributed by atoms with Crippen LogP contribution in [0.2, 0.25) is 15.1 Å². The van der Waals surface area contributed by atoms with Crippen molar-refractivity contribution in [3.05, 3.63) is 73.7 Å². The number of nitriles is 1. The number of H-pyrrole nitrogens is 1. The number of rotatable bonds is 4. The lowest BCUT2D eigenvalue weighted by atomic mass is 10.1. The van der Waals surface area contributed by atoms with Crippen LogP contribution in [0.1, 0.15) is 11.1 Å². The van der Waals surface area contributed by atoms with E-state index in [0.717, 1.165) is 10.9 Å². The monoisotopic (exact) mass is 424 g/mol. The van der Waals surface area contributed by atoms with Crippen LogP contribution in [-0.4, -0.2) is 13.4 Å². The summed E-state index contributed by atoms with van der Waals surface area (Å²) in [4.78, 5) is 2.66. The third-order valence-corrected chi connectivity index (χ3v) is 6.16. The summed E-state index contributed by atoms with van der Waals surface area (Å²) in [6.07, 6.45) is 2.96. The molecule has 4 nitrogen and oxygen atoms in total. The molecule has 0 fully saturated rings. The zero-order valence-electron chi connectivity index (χ0n) is 13.1. The van der Waals surface area contributed by atoms with E-state index in [4.69, 9.17) is 34.8 Å². The fourth-order valence-electron chi connectivity index (χ4n) is 2.49. The Labute approximate surface area is 165 Å². The van der Waals surface area contributed by atoms with E-state index in [1.807, 2.05) is 0 Å². The van der Waals surface area contributed by atoms with Crippen molar-refractivity contribution in [1.29, 1.82) is 5.26 Å². The minimum atomic E-state index is -3.89. The van der Waals surface area contributed by atoms with Crippen molar-refractivity contribution >= 4 is 61.6 Å². The average Bonchev–Trinajstić information content (AvgIpc) is 2.97. The highest BCUT2D eigenvalue weighted by molar-refractivity contribution is 7.95. The first-order valence-corrected chi connectivity index (χ1v) is 10.1. The second-order valence-electron chi connectivity index (χ2n) is 5.55. The Kier molecular flexibility index (Phi) is 5.31. The summed E-state index contributed by atoms with van der Waals surface area (Å²) in [6, 6.07) is 11.5. The molecule has 0 amide bonds. The van der Waals surface area contributed by atoms with Gasteiger partial charge in [0.2, 0.25) is 0 Å². The second kappa shape index (κ2) is 7.34. The number of allylic oxidation sites excluding steroid dienone is 1. The van der Waals surface area contributed by atoms with Gasteiger partial charge in [0.15, 0.2) is 9.84 Å². The van der Waals surface area contributed by atoms with E-state index in [1.165, 1.54) is 18.2 Å². The van der Waals surface area contributed by atoms with Crippen molar-refractivity contribution in [2.24, 2.45) is 0 Å². The van der Waals surface area contributed by atoms with Gasteiger partial charge in [0.05, 0.1) is 5.75 Å². The Hall–Kier alpha value is -1.97. The molecule has 0 spiro atoms. The number of hydrogen-bond donors (Lipinski definition) is 1. The highest BCUT2D eigenvalue weighted by Gasteiger charge is 2.21. The van der Waals surface area contributed by atoms with E-state index in [0.29, 0.717) is 21.2 Å². The SMILES string of the molecule is N#C/C(=C\c1c[nH]c2ccc(Cl)cc12)S(=O)(=O)Cc1ccc(Cl)cc1Cl. The number of fused-ring (bicyclic) bond motifs is 1. The van der Waals surface area contributed by atoms with Gasteiger partial charge in [-0.1, -0.05) is 40.9 Å². The van der Waals surface area contributed by atoms with Gasteiger partial charge in [-0.2, -0.15) is 5.26 Å². The van der Waals surface area contributed by atoms with Crippen LogP contribution in [0.15, 0.2) is 47.5 Å². The van der Waals surface area contributed by atoms with Crippen molar-refractivity contribution in [3.63, 3.8) is 0 Å². The Bertz CT molecular complexity index is 1170. The predicted molar refractivity (Wildman–Crippen MR) is 106 cm³/mol. The number of aromatic nitrogens is 1. The maximum absolute atomic E-state index is 12.7. The number of aromatic amines is 1. The number of halogens is 3. The van der Waals surface area contributed by atoms with Crippen LogP contribution in [0.5, 0.6) is 0 Å². The van der Waals surface area contributed by atoms with Crippen LogP contribution in [0, 0.1) is 11.3 Å². The van der Waals surface area contributed by atoms with Gasteiger partial charge in [-0.3, -0.25) is 0 Å². The molecule has 0 aliphatic carbocycles. The van der Waals surface area contributed by atoms with Crippen molar-refractivity contribution in [2.45, 2.75) is 5.75 Å². The zero-order chi connectivity index (χ0) is 18.9. The molecule has 0 saturated carbocycles. The molecule has 0 atom stereocenters. The summed E-state index contributed by atoms with van der Waals surface area (Å²) in [5.74, 6) is -0.397. The molecule has 0 saturated heterocycles. The molecule has 0 radical (unpaired) electrons. The molecule has 0 aliphatic rings. The third-order valence-electron chi connectivity index (χ3n) is 3.77. The van der Waals surface area contributed by atoms with Crippen molar-refractivity contribution in [3.8, 4) is 6.07 Å². The lowest BCUT2D eigenvalue weighted by molar-refractivity contribution is 0.602. The standard InChI is InChI=1S/C18H11Cl3N2O2S/c19-13-3-4-18-16(6-13)12(9-23-18)5-15(8-22)26(24,25)10-11-1-2-14(20)7-17(11)21/h1-7,9,23H,10H2/b15-5+. The highest BCUT2D eigenvalue weighted by Crippen LogP contribution is 2.28. The van der Waals surface area contributed by atoms with Crippen molar-refractivity contribution < 1.29 is 8.42 Å². The Morgan fingerprint density at radius 1 is 1.12 bits per heavy atom.